The van der Waals surface area contributed by atoms with Crippen LogP contribution in [0.1, 0.15) is 51.4 Å². The summed E-state index contributed by atoms with van der Waals surface area (Å²) in [4.78, 5) is 13.8. The van der Waals surface area contributed by atoms with Crippen LogP contribution in [-0.2, 0) is 0 Å². The van der Waals surface area contributed by atoms with E-state index in [4.69, 9.17) is 0 Å². The van der Waals surface area contributed by atoms with Gasteiger partial charge in [-0.05, 0) is 32.1 Å². The van der Waals surface area contributed by atoms with Gasteiger partial charge in [-0.2, -0.15) is 0 Å². The Labute approximate surface area is 92.2 Å². The van der Waals surface area contributed by atoms with Crippen LogP contribution < -0.4 is 5.32 Å². The average Bonchev–Trinajstić information content (AvgIpc) is 2.23. The number of amides is 2. The van der Waals surface area contributed by atoms with E-state index in [0.29, 0.717) is 12.1 Å². The van der Waals surface area contributed by atoms with E-state index < -0.39 is 0 Å². The predicted octanol–water partition coefficient (Wildman–Crippen LogP) is 2.51. The minimum absolute atomic E-state index is 0.145. The highest BCUT2D eigenvalue weighted by molar-refractivity contribution is 5.74. The third kappa shape index (κ3) is 2.64. The molecule has 2 aliphatic carbocycles. The first kappa shape index (κ1) is 10.8. The van der Waals surface area contributed by atoms with E-state index in [1.165, 1.54) is 51.4 Å². The largest absolute Gasteiger partial charge is 0.335 e. The molecule has 2 fully saturated rings. The summed E-state index contributed by atoms with van der Waals surface area (Å²) in [5.41, 5.74) is 0. The van der Waals surface area contributed by atoms with Crippen molar-refractivity contribution < 1.29 is 4.79 Å². The maximum atomic E-state index is 11.9. The summed E-state index contributed by atoms with van der Waals surface area (Å²) in [6.45, 7) is 0. The Morgan fingerprint density at radius 3 is 2.27 bits per heavy atom. The molecule has 0 aromatic carbocycles. The number of urea groups is 1. The molecule has 15 heavy (non-hydrogen) atoms. The Kier molecular flexibility index (Phi) is 3.49. The summed E-state index contributed by atoms with van der Waals surface area (Å²) < 4.78 is 0. The zero-order chi connectivity index (χ0) is 10.7. The van der Waals surface area contributed by atoms with Gasteiger partial charge in [-0.1, -0.05) is 19.3 Å². The molecule has 0 atom stereocenters. The molecule has 1 N–H and O–H groups in total. The number of carbonyl (C=O) groups excluding carboxylic acids is 1. The molecule has 0 heterocycles. The molecule has 3 heteroatoms. The second-order valence-corrected chi connectivity index (χ2v) is 4.98. The van der Waals surface area contributed by atoms with Crippen LogP contribution in [0.15, 0.2) is 0 Å². The Hall–Kier alpha value is -0.730. The van der Waals surface area contributed by atoms with Crippen molar-refractivity contribution in [2.75, 3.05) is 7.05 Å². The van der Waals surface area contributed by atoms with Crippen LogP contribution in [0.25, 0.3) is 0 Å². The fourth-order valence-electron chi connectivity index (χ4n) is 2.46. The van der Waals surface area contributed by atoms with Crippen molar-refractivity contribution >= 4 is 6.03 Å². The zero-order valence-electron chi connectivity index (χ0n) is 9.67. The summed E-state index contributed by atoms with van der Waals surface area (Å²) in [5, 5.41) is 3.10. The molecule has 0 bridgehead atoms. The van der Waals surface area contributed by atoms with Crippen LogP contribution in [0, 0.1) is 0 Å². The predicted molar refractivity (Wildman–Crippen MR) is 60.8 cm³/mol. The van der Waals surface area contributed by atoms with Crippen LogP contribution in [0.4, 0.5) is 4.79 Å². The monoisotopic (exact) mass is 210 g/mol. The van der Waals surface area contributed by atoms with Crippen molar-refractivity contribution in [3.63, 3.8) is 0 Å². The van der Waals surface area contributed by atoms with Gasteiger partial charge in [-0.15, -0.1) is 0 Å². The Balaban J connectivity index is 1.77. The van der Waals surface area contributed by atoms with Gasteiger partial charge in [0.1, 0.15) is 0 Å². The molecule has 0 aromatic heterocycles. The van der Waals surface area contributed by atoms with E-state index in [9.17, 15) is 4.79 Å². The third-order valence-corrected chi connectivity index (χ3v) is 3.88. The summed E-state index contributed by atoms with van der Waals surface area (Å²) >= 11 is 0. The van der Waals surface area contributed by atoms with Gasteiger partial charge >= 0.3 is 6.03 Å². The van der Waals surface area contributed by atoms with Crippen molar-refractivity contribution in [3.8, 4) is 0 Å². The summed E-state index contributed by atoms with van der Waals surface area (Å²) in [5.74, 6) is 0. The van der Waals surface area contributed by atoms with Crippen LogP contribution >= 0.6 is 0 Å². The van der Waals surface area contributed by atoms with E-state index in [-0.39, 0.29) is 6.03 Å². The van der Waals surface area contributed by atoms with Crippen LogP contribution in [0.5, 0.6) is 0 Å². The number of nitrogens with zero attached hydrogens (tertiary/aromatic N) is 1. The maximum absolute atomic E-state index is 11.9. The Bertz CT molecular complexity index is 220. The van der Waals surface area contributed by atoms with E-state index in [1.807, 2.05) is 11.9 Å². The second-order valence-electron chi connectivity index (χ2n) is 4.98. The van der Waals surface area contributed by atoms with Crippen molar-refractivity contribution in [1.29, 1.82) is 0 Å². The molecule has 2 amide bonds. The van der Waals surface area contributed by atoms with Gasteiger partial charge < -0.3 is 10.2 Å². The summed E-state index contributed by atoms with van der Waals surface area (Å²) in [6.07, 6.45) is 9.90. The molecular formula is C12H22N2O. The van der Waals surface area contributed by atoms with Gasteiger partial charge in [0.15, 0.2) is 0 Å². The zero-order valence-corrected chi connectivity index (χ0v) is 9.67. The van der Waals surface area contributed by atoms with Gasteiger partial charge in [0, 0.05) is 19.1 Å². The van der Waals surface area contributed by atoms with Gasteiger partial charge in [0.05, 0.1) is 0 Å². The van der Waals surface area contributed by atoms with E-state index in [1.54, 1.807) is 0 Å². The summed E-state index contributed by atoms with van der Waals surface area (Å²) in [6, 6.07) is 1.09. The lowest BCUT2D eigenvalue weighted by Gasteiger charge is -2.34. The molecule has 0 unspecified atom stereocenters. The van der Waals surface area contributed by atoms with Gasteiger partial charge in [0.2, 0.25) is 0 Å². The van der Waals surface area contributed by atoms with Gasteiger partial charge in [0.25, 0.3) is 0 Å². The normalized spacial score (nSPS) is 23.3. The molecule has 2 rings (SSSR count). The molecule has 3 nitrogen and oxygen atoms in total. The van der Waals surface area contributed by atoms with Gasteiger partial charge in [-0.3, -0.25) is 0 Å². The van der Waals surface area contributed by atoms with Crippen molar-refractivity contribution in [3.05, 3.63) is 0 Å². The molecule has 0 aromatic rings. The highest BCUT2D eigenvalue weighted by Gasteiger charge is 2.25. The maximum Gasteiger partial charge on any atom is 0.317 e. The second kappa shape index (κ2) is 4.86. The van der Waals surface area contributed by atoms with Crippen LogP contribution in [0.2, 0.25) is 0 Å². The standard InChI is InChI=1S/C12H22N2O/c1-14(11-8-3-2-4-9-11)12(15)13-10-6-5-7-10/h10-11H,2-9H2,1H3,(H,13,15). The van der Waals surface area contributed by atoms with Crippen molar-refractivity contribution in [2.45, 2.75) is 63.5 Å². The topological polar surface area (TPSA) is 32.3 Å². The molecule has 86 valence electrons. The summed E-state index contributed by atoms with van der Waals surface area (Å²) in [7, 11) is 1.95. The number of hydrogen-bond donors (Lipinski definition) is 1. The molecule has 2 aliphatic rings. The quantitative estimate of drug-likeness (QED) is 0.746. The number of nitrogens with one attached hydrogen (secondary N) is 1. The number of hydrogen-bond acceptors (Lipinski definition) is 1. The Morgan fingerprint density at radius 2 is 1.73 bits per heavy atom. The minimum Gasteiger partial charge on any atom is -0.335 e. The van der Waals surface area contributed by atoms with Crippen LogP contribution in [0.3, 0.4) is 0 Å². The molecule has 0 radical (unpaired) electrons. The van der Waals surface area contributed by atoms with Crippen LogP contribution in [-0.4, -0.2) is 30.1 Å². The average molecular weight is 210 g/mol. The minimum atomic E-state index is 0.145. The molecule has 2 saturated carbocycles. The Morgan fingerprint density at radius 1 is 1.07 bits per heavy atom. The highest BCUT2D eigenvalue weighted by atomic mass is 16.2. The number of carbonyl (C=O) groups is 1. The number of rotatable bonds is 2. The molecule has 0 spiro atoms. The first-order chi connectivity index (χ1) is 7.27. The fourth-order valence-corrected chi connectivity index (χ4v) is 2.46. The molecular weight excluding hydrogens is 188 g/mol. The fraction of sp³-hybridized carbons (Fsp3) is 0.917. The smallest absolute Gasteiger partial charge is 0.317 e. The molecule has 0 saturated heterocycles. The van der Waals surface area contributed by atoms with Crippen molar-refractivity contribution in [1.82, 2.24) is 10.2 Å². The lowest BCUT2D eigenvalue weighted by molar-refractivity contribution is 0.164. The van der Waals surface area contributed by atoms with E-state index >= 15 is 0 Å². The SMILES string of the molecule is CN(C(=O)NC1CCC1)C1CCCCC1. The van der Waals surface area contributed by atoms with Gasteiger partial charge in [-0.25, -0.2) is 4.79 Å². The highest BCUT2D eigenvalue weighted by Crippen LogP contribution is 2.23. The third-order valence-electron chi connectivity index (χ3n) is 3.88. The van der Waals surface area contributed by atoms with E-state index in [2.05, 4.69) is 5.32 Å². The first-order valence-electron chi connectivity index (χ1n) is 6.30. The lowest BCUT2D eigenvalue weighted by atomic mass is 9.93. The first-order valence-corrected chi connectivity index (χ1v) is 6.30. The molecule has 0 aliphatic heterocycles. The lowest BCUT2D eigenvalue weighted by Crippen LogP contribution is -2.49. The van der Waals surface area contributed by atoms with Crippen molar-refractivity contribution in [2.24, 2.45) is 0 Å². The van der Waals surface area contributed by atoms with E-state index in [0.717, 1.165) is 0 Å².